The molecule has 18 heteroatoms. The van der Waals surface area contributed by atoms with Gasteiger partial charge in [-0.15, -0.1) is 0 Å². The molecule has 1 spiro atoms. The molecule has 1 unspecified atom stereocenters. The fourth-order valence-electron chi connectivity index (χ4n) is 8.07. The maximum Gasteiger partial charge on any atom is 0.411 e. The van der Waals surface area contributed by atoms with Crippen LogP contribution in [0.4, 0.5) is 14.4 Å². The van der Waals surface area contributed by atoms with Crippen molar-refractivity contribution in [3.8, 4) is 22.4 Å². The lowest BCUT2D eigenvalue weighted by Gasteiger charge is -2.39. The van der Waals surface area contributed by atoms with Gasteiger partial charge in [0.15, 0.2) is 5.78 Å². The number of nitrogens with one attached hydrogen (secondary N) is 4. The number of ether oxygens (including phenoxy) is 4. The van der Waals surface area contributed by atoms with Gasteiger partial charge in [-0.3, -0.25) is 19.7 Å². The molecular formula is C44H56N8O10. The molecule has 1 aromatic heterocycles. The number of hydrogen-bond acceptors (Lipinski definition) is 11. The fourth-order valence-corrected chi connectivity index (χ4v) is 8.07. The van der Waals surface area contributed by atoms with Gasteiger partial charge in [-0.05, 0) is 75.1 Å². The predicted molar refractivity (Wildman–Crippen MR) is 226 cm³/mol. The Hall–Kier alpha value is -6.27. The lowest BCUT2D eigenvalue weighted by atomic mass is 10.0. The van der Waals surface area contributed by atoms with E-state index < -0.39 is 36.0 Å². The quantitative estimate of drug-likeness (QED) is 0.144. The first-order valence-corrected chi connectivity index (χ1v) is 20.7. The van der Waals surface area contributed by atoms with Crippen LogP contribution in [0.1, 0.15) is 83.0 Å². The summed E-state index contributed by atoms with van der Waals surface area (Å²) in [7, 11) is 2.45. The molecule has 0 bridgehead atoms. The van der Waals surface area contributed by atoms with Crippen molar-refractivity contribution in [2.75, 3.05) is 40.4 Å². The number of carbonyl (C=O) groups excluding carboxylic acids is 6. The normalized spacial score (nSPS) is 21.4. The Morgan fingerprint density at radius 3 is 2.06 bits per heavy atom. The number of imidazole rings is 1. The van der Waals surface area contributed by atoms with Crippen LogP contribution in [-0.4, -0.2) is 125 Å². The maximum absolute atomic E-state index is 13.9. The molecule has 2 aromatic carbocycles. The van der Waals surface area contributed by atoms with Crippen LogP contribution >= 0.6 is 0 Å². The first-order chi connectivity index (χ1) is 29.5. The minimum absolute atomic E-state index is 0.0706. The van der Waals surface area contributed by atoms with Crippen LogP contribution in [0.25, 0.3) is 22.4 Å². The standard InChI is InChI=1S/C44H56N8O10/c1-25(2)36(48-42(57)59-7)39(54)50-19-9-10-34(50)38-45-21-33(47-38)31-15-11-29(12-16-31)30-13-17-32(18-14-30)35(53)22-46-41(56)52-24-44(61-27(5)20-28(6)62-44)23-51(52)40(55)37(26(3)4)49-43(58)60-8/h11-18,21,25,27-28,34,36H,9-10,19-20,22-24H2,1-8H3,(H,45,47)(H,46,56)(H,48,57)(H,49,58)/t27-,28-,34?,36-/m0/s1. The van der Waals surface area contributed by atoms with E-state index in [2.05, 4.69) is 25.9 Å². The van der Waals surface area contributed by atoms with Gasteiger partial charge in [-0.2, -0.15) is 0 Å². The second-order valence-corrected chi connectivity index (χ2v) is 16.4. The van der Waals surface area contributed by atoms with Crippen LogP contribution in [0.5, 0.6) is 0 Å². The van der Waals surface area contributed by atoms with Gasteiger partial charge in [0.1, 0.15) is 24.1 Å². The molecular weight excluding hydrogens is 801 g/mol. The van der Waals surface area contributed by atoms with Gasteiger partial charge >= 0.3 is 18.2 Å². The van der Waals surface area contributed by atoms with Crippen LogP contribution in [0.15, 0.2) is 66.0 Å². The van der Waals surface area contributed by atoms with Crippen molar-refractivity contribution in [3.05, 3.63) is 77.4 Å². The van der Waals surface area contributed by atoms with Gasteiger partial charge in [-0.25, -0.2) is 29.4 Å². The number of methoxy groups -OCH3 is 2. The van der Waals surface area contributed by atoms with Crippen molar-refractivity contribution < 1.29 is 47.7 Å². The highest BCUT2D eigenvalue weighted by atomic mass is 16.7. The highest BCUT2D eigenvalue weighted by Crippen LogP contribution is 2.36. The van der Waals surface area contributed by atoms with Crippen molar-refractivity contribution in [3.63, 3.8) is 0 Å². The smallest absolute Gasteiger partial charge is 0.411 e. The number of allylic oxidation sites excluding steroid dienone is 1. The largest absolute Gasteiger partial charge is 0.453 e. The Kier molecular flexibility index (Phi) is 14.0. The lowest BCUT2D eigenvalue weighted by molar-refractivity contribution is -0.297. The molecule has 3 aliphatic heterocycles. The van der Waals surface area contributed by atoms with Crippen molar-refractivity contribution >= 4 is 35.8 Å². The highest BCUT2D eigenvalue weighted by molar-refractivity contribution is 6.01. The molecule has 3 aliphatic rings. The summed E-state index contributed by atoms with van der Waals surface area (Å²) in [6.45, 7) is 10.7. The third-order valence-corrected chi connectivity index (χ3v) is 11.1. The summed E-state index contributed by atoms with van der Waals surface area (Å²) in [4.78, 5) is 88.3. The molecule has 4 heterocycles. The summed E-state index contributed by atoms with van der Waals surface area (Å²) in [5, 5.41) is 10.0. The van der Waals surface area contributed by atoms with Gasteiger partial charge in [0.25, 0.3) is 5.91 Å². The number of alkyl carbamates (subject to hydrolysis) is 2. The van der Waals surface area contributed by atoms with Gasteiger partial charge in [0.2, 0.25) is 11.7 Å². The van der Waals surface area contributed by atoms with Crippen molar-refractivity contribution in [1.82, 2.24) is 40.8 Å². The monoisotopic (exact) mass is 856 g/mol. The molecule has 332 valence electrons. The lowest BCUT2D eigenvalue weighted by Crippen LogP contribution is -2.52. The van der Waals surface area contributed by atoms with Crippen LogP contribution in [0.3, 0.4) is 0 Å². The summed E-state index contributed by atoms with van der Waals surface area (Å²) in [6, 6.07) is 13.2. The van der Waals surface area contributed by atoms with E-state index in [1.54, 1.807) is 37.1 Å². The number of amides is 6. The van der Waals surface area contributed by atoms with Crippen molar-refractivity contribution in [1.29, 1.82) is 0 Å². The minimum atomic E-state index is -1.31. The molecule has 6 amide bonds. The van der Waals surface area contributed by atoms with Gasteiger partial charge in [0.05, 0.1) is 57.4 Å². The summed E-state index contributed by atoms with van der Waals surface area (Å²) in [6.07, 6.45) is 2.00. The predicted octanol–water partition coefficient (Wildman–Crippen LogP) is 5.30. The number of benzene rings is 2. The Balaban J connectivity index is 1.09. The van der Waals surface area contributed by atoms with E-state index in [-0.39, 0.29) is 61.2 Å². The number of carbonyl (C=O) groups is 6. The average Bonchev–Trinajstić information content (AvgIpc) is 4.02. The average molecular weight is 857 g/mol. The second-order valence-electron chi connectivity index (χ2n) is 16.4. The van der Waals surface area contributed by atoms with Crippen LogP contribution in [-0.2, 0) is 28.5 Å². The molecule has 4 atom stereocenters. The Morgan fingerprint density at radius 1 is 0.871 bits per heavy atom. The Labute approximate surface area is 360 Å². The summed E-state index contributed by atoms with van der Waals surface area (Å²) in [5.41, 5.74) is 4.24. The van der Waals surface area contributed by atoms with Gasteiger partial charge in [0, 0.05) is 12.1 Å². The molecule has 4 N–H and O–H groups in total. The van der Waals surface area contributed by atoms with E-state index in [0.717, 1.165) is 45.2 Å². The van der Waals surface area contributed by atoms with Gasteiger partial charge in [-0.1, -0.05) is 62.4 Å². The molecule has 0 radical (unpaired) electrons. The number of hydrazine groups is 1. The third-order valence-electron chi connectivity index (χ3n) is 11.1. The van der Waals surface area contributed by atoms with Crippen molar-refractivity contribution in [2.24, 2.45) is 5.92 Å². The zero-order chi connectivity index (χ0) is 44.9. The van der Waals surface area contributed by atoms with E-state index in [0.29, 0.717) is 29.9 Å². The third kappa shape index (κ3) is 10.1. The topological polar surface area (TPSA) is 214 Å². The molecule has 0 aliphatic carbocycles. The van der Waals surface area contributed by atoms with E-state index in [9.17, 15) is 28.8 Å². The minimum Gasteiger partial charge on any atom is -0.453 e. The number of hydrogen-bond donors (Lipinski definition) is 4. The molecule has 18 nitrogen and oxygen atoms in total. The summed E-state index contributed by atoms with van der Waals surface area (Å²) >= 11 is 0. The molecule has 3 aromatic rings. The van der Waals surface area contributed by atoms with E-state index in [1.165, 1.54) is 14.2 Å². The number of ketones is 1. The molecule has 62 heavy (non-hydrogen) atoms. The summed E-state index contributed by atoms with van der Waals surface area (Å²) < 4.78 is 21.8. The SMILES string of the molecule is COC(=O)NC(C(=O)N1CC2(CN1C(=O)NCC(=O)c1ccc(-c3ccc(-c4cnc(C5CCCN5C(=O)[C@@H](NC(=O)OC)C(C)C)[nH]4)cc3)cc1)O[C@@H](C)C[C@H](C)O2)=C(C)C. The Morgan fingerprint density at radius 2 is 1.47 bits per heavy atom. The fraction of sp³-hybridized carbons (Fsp3) is 0.477. The number of nitrogens with zero attached hydrogens (tertiary/aromatic N) is 4. The second kappa shape index (κ2) is 19.2. The number of H-pyrrole nitrogens is 1. The van der Waals surface area contributed by atoms with E-state index >= 15 is 0 Å². The first-order valence-electron chi connectivity index (χ1n) is 20.7. The summed E-state index contributed by atoms with van der Waals surface area (Å²) in [5.74, 6) is -1.99. The van der Waals surface area contributed by atoms with Gasteiger partial charge < -0.3 is 39.5 Å². The zero-order valence-electron chi connectivity index (χ0n) is 36.4. The number of urea groups is 1. The number of Topliss-reactive ketones (excluding diaryl/α,β-unsaturated/α-hetero) is 1. The van der Waals surface area contributed by atoms with E-state index in [1.807, 2.05) is 64.1 Å². The van der Waals surface area contributed by atoms with Crippen LogP contribution < -0.4 is 16.0 Å². The van der Waals surface area contributed by atoms with E-state index in [4.69, 9.17) is 18.9 Å². The number of rotatable bonds is 11. The van der Waals surface area contributed by atoms with Crippen LogP contribution in [0.2, 0.25) is 0 Å². The molecule has 0 saturated carbocycles. The van der Waals surface area contributed by atoms with Crippen LogP contribution in [0, 0.1) is 5.92 Å². The molecule has 6 rings (SSSR count). The molecule has 3 fully saturated rings. The number of aromatic nitrogens is 2. The number of likely N-dealkylation sites (tertiary alicyclic amines) is 1. The Bertz CT molecular complexity index is 2170. The maximum atomic E-state index is 13.9. The first kappa shape index (κ1) is 45.3. The number of aromatic amines is 1. The van der Waals surface area contributed by atoms with Crippen molar-refractivity contribution in [2.45, 2.75) is 90.9 Å². The highest BCUT2D eigenvalue weighted by Gasteiger charge is 2.53. The zero-order valence-corrected chi connectivity index (χ0v) is 36.4. The molecule has 3 saturated heterocycles.